The van der Waals surface area contributed by atoms with Gasteiger partial charge in [0.05, 0.1) is 12.3 Å². The molecule has 0 saturated carbocycles. The van der Waals surface area contributed by atoms with E-state index in [0.717, 1.165) is 11.3 Å². The highest BCUT2D eigenvalue weighted by atomic mass is 16.5. The molecule has 0 unspecified atom stereocenters. The first kappa shape index (κ1) is 9.54. The maximum atomic E-state index is 5.22. The molecule has 0 aliphatic carbocycles. The lowest BCUT2D eigenvalue weighted by molar-refractivity contribution is 0.185. The van der Waals surface area contributed by atoms with E-state index in [1.165, 1.54) is 0 Å². The second kappa shape index (κ2) is 4.47. The summed E-state index contributed by atoms with van der Waals surface area (Å²) in [5.41, 5.74) is 12.3. The largest absolute Gasteiger partial charge is 0.380 e. The van der Waals surface area contributed by atoms with E-state index in [0.29, 0.717) is 6.61 Å². The summed E-state index contributed by atoms with van der Waals surface area (Å²) in [6.45, 7) is 0.599. The van der Waals surface area contributed by atoms with Crippen molar-refractivity contribution in [2.24, 2.45) is 16.5 Å². The maximum absolute atomic E-state index is 5.22. The standard InChI is InChI=1S/C9H13N3O/c1-13-6-7-2-4-8(5-3-7)12-9(10)11/h2-5H,6H2,1H3,(H4,10,11,12). The number of hydrogen-bond donors (Lipinski definition) is 2. The van der Waals surface area contributed by atoms with Gasteiger partial charge >= 0.3 is 0 Å². The van der Waals surface area contributed by atoms with Gasteiger partial charge in [0, 0.05) is 7.11 Å². The summed E-state index contributed by atoms with van der Waals surface area (Å²) in [7, 11) is 1.66. The Morgan fingerprint density at radius 1 is 1.31 bits per heavy atom. The zero-order valence-corrected chi connectivity index (χ0v) is 7.53. The third-order valence-electron chi connectivity index (χ3n) is 1.51. The molecular formula is C9H13N3O. The number of hydrogen-bond acceptors (Lipinski definition) is 2. The van der Waals surface area contributed by atoms with Gasteiger partial charge in [0.2, 0.25) is 0 Å². The first-order valence-corrected chi connectivity index (χ1v) is 3.90. The third kappa shape index (κ3) is 3.13. The summed E-state index contributed by atoms with van der Waals surface area (Å²) < 4.78 is 4.96. The van der Waals surface area contributed by atoms with E-state index >= 15 is 0 Å². The molecule has 0 spiro atoms. The fourth-order valence-electron chi connectivity index (χ4n) is 0.982. The topological polar surface area (TPSA) is 73.6 Å². The van der Waals surface area contributed by atoms with Gasteiger partial charge in [0.1, 0.15) is 0 Å². The highest BCUT2D eigenvalue weighted by molar-refractivity contribution is 5.78. The molecule has 1 aromatic rings. The van der Waals surface area contributed by atoms with Crippen molar-refractivity contribution in [1.82, 2.24) is 0 Å². The van der Waals surface area contributed by atoms with Crippen LogP contribution in [0, 0.1) is 0 Å². The molecule has 0 aromatic heterocycles. The summed E-state index contributed by atoms with van der Waals surface area (Å²) >= 11 is 0. The van der Waals surface area contributed by atoms with E-state index in [9.17, 15) is 0 Å². The molecule has 1 aromatic carbocycles. The van der Waals surface area contributed by atoms with Crippen molar-refractivity contribution in [3.8, 4) is 0 Å². The van der Waals surface area contributed by atoms with Crippen LogP contribution in [0.3, 0.4) is 0 Å². The molecule has 0 saturated heterocycles. The Hall–Kier alpha value is -1.55. The lowest BCUT2D eigenvalue weighted by Crippen LogP contribution is -2.21. The van der Waals surface area contributed by atoms with Crippen LogP contribution in [0.5, 0.6) is 0 Å². The molecule has 0 fully saturated rings. The molecular weight excluding hydrogens is 166 g/mol. The van der Waals surface area contributed by atoms with Gasteiger partial charge in [-0.3, -0.25) is 0 Å². The van der Waals surface area contributed by atoms with E-state index in [4.69, 9.17) is 16.2 Å². The van der Waals surface area contributed by atoms with Gasteiger partial charge in [-0.1, -0.05) is 12.1 Å². The fraction of sp³-hybridized carbons (Fsp3) is 0.222. The van der Waals surface area contributed by atoms with Crippen LogP contribution in [0.1, 0.15) is 5.56 Å². The number of benzene rings is 1. The molecule has 0 aliphatic rings. The molecule has 0 amide bonds. The number of rotatable bonds is 3. The molecule has 70 valence electrons. The Balaban J connectivity index is 2.75. The van der Waals surface area contributed by atoms with Crippen LogP contribution in [-0.4, -0.2) is 13.1 Å². The quantitative estimate of drug-likeness (QED) is 0.531. The monoisotopic (exact) mass is 179 g/mol. The minimum absolute atomic E-state index is 0.0690. The number of methoxy groups -OCH3 is 1. The van der Waals surface area contributed by atoms with Crippen LogP contribution in [0.4, 0.5) is 5.69 Å². The van der Waals surface area contributed by atoms with Crippen molar-refractivity contribution in [2.45, 2.75) is 6.61 Å². The molecule has 1 rings (SSSR count). The Bertz CT molecular complexity index is 288. The predicted molar refractivity (Wildman–Crippen MR) is 52.6 cm³/mol. The fourth-order valence-corrected chi connectivity index (χ4v) is 0.982. The minimum atomic E-state index is 0.0690. The number of nitrogens with zero attached hydrogens (tertiary/aromatic N) is 1. The smallest absolute Gasteiger partial charge is 0.191 e. The third-order valence-corrected chi connectivity index (χ3v) is 1.51. The van der Waals surface area contributed by atoms with Gasteiger partial charge in [-0.2, -0.15) is 0 Å². The van der Waals surface area contributed by atoms with E-state index < -0.39 is 0 Å². The van der Waals surface area contributed by atoms with Crippen LogP contribution >= 0.6 is 0 Å². The molecule has 0 bridgehead atoms. The Morgan fingerprint density at radius 3 is 2.38 bits per heavy atom. The number of aliphatic imine (C=N–C) groups is 1. The maximum Gasteiger partial charge on any atom is 0.191 e. The molecule has 0 atom stereocenters. The highest BCUT2D eigenvalue weighted by Crippen LogP contribution is 2.12. The molecule has 0 radical (unpaired) electrons. The average Bonchev–Trinajstić information content (AvgIpc) is 2.08. The average molecular weight is 179 g/mol. The van der Waals surface area contributed by atoms with E-state index in [1.807, 2.05) is 24.3 Å². The van der Waals surface area contributed by atoms with E-state index in [1.54, 1.807) is 7.11 Å². The van der Waals surface area contributed by atoms with Crippen molar-refractivity contribution in [3.63, 3.8) is 0 Å². The van der Waals surface area contributed by atoms with Gasteiger partial charge in [0.25, 0.3) is 0 Å². The lowest BCUT2D eigenvalue weighted by atomic mass is 10.2. The normalized spacial score (nSPS) is 9.62. The van der Waals surface area contributed by atoms with E-state index in [2.05, 4.69) is 4.99 Å². The zero-order valence-electron chi connectivity index (χ0n) is 7.53. The summed E-state index contributed by atoms with van der Waals surface area (Å²) in [5, 5.41) is 0. The summed E-state index contributed by atoms with van der Waals surface area (Å²) in [5.74, 6) is 0.0690. The summed E-state index contributed by atoms with van der Waals surface area (Å²) in [6, 6.07) is 7.53. The first-order valence-electron chi connectivity index (χ1n) is 3.90. The van der Waals surface area contributed by atoms with Crippen molar-refractivity contribution < 1.29 is 4.74 Å². The van der Waals surface area contributed by atoms with Crippen molar-refractivity contribution >= 4 is 11.6 Å². The van der Waals surface area contributed by atoms with Crippen LogP contribution in [-0.2, 0) is 11.3 Å². The van der Waals surface area contributed by atoms with Crippen LogP contribution < -0.4 is 11.5 Å². The summed E-state index contributed by atoms with van der Waals surface area (Å²) in [6.07, 6.45) is 0. The van der Waals surface area contributed by atoms with Gasteiger partial charge in [0.15, 0.2) is 5.96 Å². The molecule has 4 heteroatoms. The molecule has 0 heterocycles. The van der Waals surface area contributed by atoms with Crippen molar-refractivity contribution in [2.75, 3.05) is 7.11 Å². The Kier molecular flexibility index (Phi) is 3.28. The molecule has 4 nitrogen and oxygen atoms in total. The number of ether oxygens (including phenoxy) is 1. The summed E-state index contributed by atoms with van der Waals surface area (Å²) in [4.78, 5) is 3.89. The second-order valence-electron chi connectivity index (χ2n) is 2.64. The lowest BCUT2D eigenvalue weighted by Gasteiger charge is -1.99. The molecule has 13 heavy (non-hydrogen) atoms. The minimum Gasteiger partial charge on any atom is -0.380 e. The Morgan fingerprint density at radius 2 is 1.92 bits per heavy atom. The van der Waals surface area contributed by atoms with Gasteiger partial charge in [-0.05, 0) is 17.7 Å². The van der Waals surface area contributed by atoms with Gasteiger partial charge < -0.3 is 16.2 Å². The highest BCUT2D eigenvalue weighted by Gasteiger charge is 1.92. The predicted octanol–water partition coefficient (Wildman–Crippen LogP) is 0.738. The van der Waals surface area contributed by atoms with Gasteiger partial charge in [-0.15, -0.1) is 0 Å². The SMILES string of the molecule is COCc1ccc(N=C(N)N)cc1. The van der Waals surface area contributed by atoms with Crippen LogP contribution in [0.2, 0.25) is 0 Å². The van der Waals surface area contributed by atoms with E-state index in [-0.39, 0.29) is 5.96 Å². The first-order chi connectivity index (χ1) is 6.22. The molecule has 0 aliphatic heterocycles. The van der Waals surface area contributed by atoms with Gasteiger partial charge in [-0.25, -0.2) is 4.99 Å². The second-order valence-corrected chi connectivity index (χ2v) is 2.64. The van der Waals surface area contributed by atoms with Crippen molar-refractivity contribution in [1.29, 1.82) is 0 Å². The van der Waals surface area contributed by atoms with Crippen molar-refractivity contribution in [3.05, 3.63) is 29.8 Å². The zero-order chi connectivity index (χ0) is 9.68. The van der Waals surface area contributed by atoms with Crippen LogP contribution in [0.15, 0.2) is 29.3 Å². The Labute approximate surface area is 77.2 Å². The van der Waals surface area contributed by atoms with Crippen LogP contribution in [0.25, 0.3) is 0 Å². The molecule has 4 N–H and O–H groups in total. The number of guanidine groups is 1. The number of nitrogens with two attached hydrogens (primary N) is 2.